The molecule has 3 rings (SSSR count). The fraction of sp³-hybridized carbons (Fsp3) is 0.562. The van der Waals surface area contributed by atoms with Crippen molar-refractivity contribution in [2.45, 2.75) is 31.1 Å². The molecule has 0 aliphatic heterocycles. The number of hydrogen-bond acceptors (Lipinski definition) is 1. The van der Waals surface area contributed by atoms with E-state index in [1.54, 1.807) is 0 Å². The summed E-state index contributed by atoms with van der Waals surface area (Å²) in [5, 5.41) is 0.0158. The molecule has 102 valence electrons. The van der Waals surface area contributed by atoms with Gasteiger partial charge in [0.05, 0.1) is 0 Å². The Morgan fingerprint density at radius 1 is 1.47 bits per heavy atom. The van der Waals surface area contributed by atoms with Gasteiger partial charge in [-0.15, -0.1) is 11.6 Å². The number of hydrogen-bond donors (Lipinski definition) is 0. The molecule has 2 aliphatic rings. The minimum atomic E-state index is 0.0158. The molecule has 0 aromatic heterocycles. The number of carbonyl (C=O) groups excluding carboxylic acids is 1. The second kappa shape index (κ2) is 4.82. The summed E-state index contributed by atoms with van der Waals surface area (Å²) in [5.74, 6) is 1.50. The highest BCUT2D eigenvalue weighted by molar-refractivity contribution is 6.20. The van der Waals surface area contributed by atoms with E-state index < -0.39 is 0 Å². The predicted octanol–water partition coefficient (Wildman–Crippen LogP) is 3.05. The fourth-order valence-electron chi connectivity index (χ4n) is 3.62. The van der Waals surface area contributed by atoms with Gasteiger partial charge in [0.1, 0.15) is 0 Å². The molecule has 1 saturated carbocycles. The number of halogens is 1. The standard InChI is InChI=1S/C16H20ClNO/c1-10(17)9-18(2)16(19)15-13-8-7-11-5-3-4-6-12(11)14(13)15/h3-6,10,13-15H,7-9H2,1-2H3. The van der Waals surface area contributed by atoms with Gasteiger partial charge in [0, 0.05) is 24.9 Å². The van der Waals surface area contributed by atoms with Crippen LogP contribution in [0.5, 0.6) is 0 Å². The Kier molecular flexibility index (Phi) is 3.30. The van der Waals surface area contributed by atoms with Gasteiger partial charge in [-0.1, -0.05) is 24.3 Å². The van der Waals surface area contributed by atoms with E-state index in [0.29, 0.717) is 18.4 Å². The summed E-state index contributed by atoms with van der Waals surface area (Å²) in [6, 6.07) is 8.59. The number of amides is 1. The molecule has 1 aromatic carbocycles. The highest BCUT2D eigenvalue weighted by Gasteiger charge is 2.57. The molecule has 0 bridgehead atoms. The van der Waals surface area contributed by atoms with Crippen LogP contribution in [0.4, 0.5) is 0 Å². The third-order valence-electron chi connectivity index (χ3n) is 4.52. The molecule has 3 heteroatoms. The summed E-state index contributed by atoms with van der Waals surface area (Å²) >= 11 is 5.98. The number of benzene rings is 1. The topological polar surface area (TPSA) is 20.3 Å². The summed E-state index contributed by atoms with van der Waals surface area (Å²) in [7, 11) is 1.87. The molecule has 0 radical (unpaired) electrons. The van der Waals surface area contributed by atoms with Gasteiger partial charge >= 0.3 is 0 Å². The number of fused-ring (bicyclic) bond motifs is 3. The highest BCUT2D eigenvalue weighted by atomic mass is 35.5. The summed E-state index contributed by atoms with van der Waals surface area (Å²) in [4.78, 5) is 14.3. The first kappa shape index (κ1) is 13.0. The van der Waals surface area contributed by atoms with Crippen LogP contribution in [0.15, 0.2) is 24.3 Å². The summed E-state index contributed by atoms with van der Waals surface area (Å²) in [5.41, 5.74) is 2.84. The Bertz CT molecular complexity index is 499. The van der Waals surface area contributed by atoms with Gasteiger partial charge in [-0.2, -0.15) is 0 Å². The number of nitrogens with zero attached hydrogens (tertiary/aromatic N) is 1. The monoisotopic (exact) mass is 277 g/mol. The molecule has 0 saturated heterocycles. The zero-order valence-corrected chi connectivity index (χ0v) is 12.2. The normalized spacial score (nSPS) is 29.1. The third-order valence-corrected chi connectivity index (χ3v) is 4.65. The van der Waals surface area contributed by atoms with E-state index in [2.05, 4.69) is 24.3 Å². The van der Waals surface area contributed by atoms with Crippen LogP contribution in [-0.2, 0) is 11.2 Å². The molecule has 0 spiro atoms. The van der Waals surface area contributed by atoms with Crippen molar-refractivity contribution in [1.29, 1.82) is 0 Å². The third kappa shape index (κ3) is 2.27. The minimum Gasteiger partial charge on any atom is -0.344 e. The minimum absolute atomic E-state index is 0.0158. The lowest BCUT2D eigenvalue weighted by Gasteiger charge is -2.18. The van der Waals surface area contributed by atoms with Gasteiger partial charge in [0.15, 0.2) is 0 Å². The number of aryl methyl sites for hydroxylation is 1. The van der Waals surface area contributed by atoms with Crippen molar-refractivity contribution in [3.05, 3.63) is 35.4 Å². The van der Waals surface area contributed by atoms with Crippen LogP contribution < -0.4 is 0 Å². The SMILES string of the molecule is CC(Cl)CN(C)C(=O)C1C2CCc3ccccc3C21. The van der Waals surface area contributed by atoms with E-state index in [-0.39, 0.29) is 17.2 Å². The lowest BCUT2D eigenvalue weighted by molar-refractivity contribution is -0.131. The second-order valence-electron chi connectivity index (χ2n) is 5.95. The van der Waals surface area contributed by atoms with Gasteiger partial charge in [0.2, 0.25) is 5.91 Å². The average molecular weight is 278 g/mol. The van der Waals surface area contributed by atoms with Crippen molar-refractivity contribution in [2.24, 2.45) is 11.8 Å². The van der Waals surface area contributed by atoms with E-state index >= 15 is 0 Å². The Balaban J connectivity index is 1.75. The Morgan fingerprint density at radius 2 is 2.21 bits per heavy atom. The highest BCUT2D eigenvalue weighted by Crippen LogP contribution is 2.60. The Labute approximate surface area is 119 Å². The Morgan fingerprint density at radius 3 is 2.95 bits per heavy atom. The molecule has 1 fully saturated rings. The van der Waals surface area contributed by atoms with Crippen molar-refractivity contribution in [1.82, 2.24) is 4.90 Å². The predicted molar refractivity (Wildman–Crippen MR) is 77.4 cm³/mol. The molecular weight excluding hydrogens is 258 g/mol. The van der Waals surface area contributed by atoms with E-state index in [1.807, 2.05) is 18.9 Å². The molecule has 1 aromatic rings. The average Bonchev–Trinajstić information content (AvgIpc) is 3.11. The largest absolute Gasteiger partial charge is 0.344 e. The van der Waals surface area contributed by atoms with Gasteiger partial charge in [-0.3, -0.25) is 4.79 Å². The first-order valence-electron chi connectivity index (χ1n) is 7.06. The maximum Gasteiger partial charge on any atom is 0.226 e. The number of alkyl halides is 1. The molecule has 4 unspecified atom stereocenters. The quantitative estimate of drug-likeness (QED) is 0.778. The summed E-state index contributed by atoms with van der Waals surface area (Å²) in [6.07, 6.45) is 2.28. The van der Waals surface area contributed by atoms with Gasteiger partial charge in [-0.25, -0.2) is 0 Å². The van der Waals surface area contributed by atoms with E-state index in [0.717, 1.165) is 12.8 Å². The van der Waals surface area contributed by atoms with E-state index in [4.69, 9.17) is 11.6 Å². The van der Waals surface area contributed by atoms with Crippen molar-refractivity contribution in [3.63, 3.8) is 0 Å². The zero-order valence-electron chi connectivity index (χ0n) is 11.5. The van der Waals surface area contributed by atoms with Crippen LogP contribution in [0.25, 0.3) is 0 Å². The fourth-order valence-corrected chi connectivity index (χ4v) is 3.83. The van der Waals surface area contributed by atoms with Crippen LogP contribution in [-0.4, -0.2) is 29.8 Å². The zero-order chi connectivity index (χ0) is 13.6. The van der Waals surface area contributed by atoms with Crippen LogP contribution in [0.2, 0.25) is 0 Å². The molecular formula is C16H20ClNO. The number of rotatable bonds is 3. The van der Waals surface area contributed by atoms with E-state index in [9.17, 15) is 4.79 Å². The smallest absolute Gasteiger partial charge is 0.226 e. The first-order valence-corrected chi connectivity index (χ1v) is 7.50. The van der Waals surface area contributed by atoms with Gasteiger partial charge in [0.25, 0.3) is 0 Å². The number of carbonyl (C=O) groups is 1. The summed E-state index contributed by atoms with van der Waals surface area (Å²) < 4.78 is 0. The maximum atomic E-state index is 12.5. The lowest BCUT2D eigenvalue weighted by Crippen LogP contribution is -2.33. The molecule has 2 aliphatic carbocycles. The van der Waals surface area contributed by atoms with Crippen molar-refractivity contribution < 1.29 is 4.79 Å². The Hall–Kier alpha value is -1.02. The molecule has 0 N–H and O–H groups in total. The first-order chi connectivity index (χ1) is 9.09. The second-order valence-corrected chi connectivity index (χ2v) is 6.70. The maximum absolute atomic E-state index is 12.5. The van der Waals surface area contributed by atoms with Crippen molar-refractivity contribution in [3.8, 4) is 0 Å². The summed E-state index contributed by atoms with van der Waals surface area (Å²) in [6.45, 7) is 2.57. The van der Waals surface area contributed by atoms with Gasteiger partial charge < -0.3 is 4.90 Å². The molecule has 0 heterocycles. The van der Waals surface area contributed by atoms with E-state index in [1.165, 1.54) is 11.1 Å². The van der Waals surface area contributed by atoms with Crippen molar-refractivity contribution >= 4 is 17.5 Å². The van der Waals surface area contributed by atoms with Crippen LogP contribution >= 0.6 is 11.6 Å². The molecule has 4 atom stereocenters. The van der Waals surface area contributed by atoms with Crippen molar-refractivity contribution in [2.75, 3.05) is 13.6 Å². The lowest BCUT2D eigenvalue weighted by atomic mass is 9.92. The van der Waals surface area contributed by atoms with Crippen LogP contribution in [0.1, 0.15) is 30.4 Å². The van der Waals surface area contributed by atoms with Crippen LogP contribution in [0, 0.1) is 11.8 Å². The van der Waals surface area contributed by atoms with Crippen LogP contribution in [0.3, 0.4) is 0 Å². The molecule has 1 amide bonds. The van der Waals surface area contributed by atoms with Gasteiger partial charge in [-0.05, 0) is 42.7 Å². The molecule has 2 nitrogen and oxygen atoms in total. The molecule has 19 heavy (non-hydrogen) atoms.